The third-order valence-electron chi connectivity index (χ3n) is 3.12. The van der Waals surface area contributed by atoms with Gasteiger partial charge in [-0.3, -0.25) is 4.72 Å². The van der Waals surface area contributed by atoms with Crippen molar-refractivity contribution in [2.24, 2.45) is 0 Å². The lowest BCUT2D eigenvalue weighted by Crippen LogP contribution is -2.14. The largest absolute Gasteiger partial charge is 0.497 e. The molecule has 1 aromatic heterocycles. The van der Waals surface area contributed by atoms with Crippen molar-refractivity contribution in [2.45, 2.75) is 10.5 Å². The highest BCUT2D eigenvalue weighted by Gasteiger charge is 2.28. The lowest BCUT2D eigenvalue weighted by molar-refractivity contribution is -0.0456. The molecule has 0 spiro atoms. The summed E-state index contributed by atoms with van der Waals surface area (Å²) < 4.78 is 43.7. The molecule has 1 saturated heterocycles. The van der Waals surface area contributed by atoms with Crippen molar-refractivity contribution in [1.29, 1.82) is 0 Å². The van der Waals surface area contributed by atoms with Crippen molar-refractivity contribution < 1.29 is 22.6 Å². The van der Waals surface area contributed by atoms with Crippen LogP contribution in [0.4, 0.5) is 5.69 Å². The molecule has 0 saturated carbocycles. The minimum atomic E-state index is -3.69. The third kappa shape index (κ3) is 3.09. The van der Waals surface area contributed by atoms with Crippen LogP contribution in [0.3, 0.4) is 0 Å². The Balaban J connectivity index is 1.84. The number of ether oxygens (including phenoxy) is 3. The standard InChI is InChI=1S/C14H15NO5S2/c1-18-11-4-2-10(3-5-11)15-22(16,17)14-12(6-9-21-14)13-19-7-8-20-13/h2-6,9,13,15H,7-8H2,1H3. The summed E-state index contributed by atoms with van der Waals surface area (Å²) in [7, 11) is -2.14. The molecule has 0 atom stereocenters. The smallest absolute Gasteiger partial charge is 0.271 e. The van der Waals surface area contributed by atoms with E-state index in [2.05, 4.69) is 4.72 Å². The molecule has 1 aliphatic rings. The van der Waals surface area contributed by atoms with Gasteiger partial charge < -0.3 is 14.2 Å². The first kappa shape index (κ1) is 15.3. The van der Waals surface area contributed by atoms with Crippen LogP contribution in [0.5, 0.6) is 5.75 Å². The highest BCUT2D eigenvalue weighted by Crippen LogP contribution is 2.34. The molecule has 0 radical (unpaired) electrons. The number of hydrogen-bond acceptors (Lipinski definition) is 6. The number of anilines is 1. The fraction of sp³-hybridized carbons (Fsp3) is 0.286. The molecule has 1 aromatic carbocycles. The van der Waals surface area contributed by atoms with Gasteiger partial charge in [0.1, 0.15) is 9.96 Å². The van der Waals surface area contributed by atoms with E-state index in [4.69, 9.17) is 14.2 Å². The summed E-state index contributed by atoms with van der Waals surface area (Å²) in [5.74, 6) is 0.660. The molecule has 1 fully saturated rings. The Labute approximate surface area is 132 Å². The predicted molar refractivity (Wildman–Crippen MR) is 82.8 cm³/mol. The zero-order valence-electron chi connectivity index (χ0n) is 11.8. The van der Waals surface area contributed by atoms with E-state index in [1.54, 1.807) is 42.8 Å². The molecular formula is C14H15NO5S2. The van der Waals surface area contributed by atoms with Gasteiger partial charge in [0.2, 0.25) is 0 Å². The first-order valence-electron chi connectivity index (χ1n) is 6.57. The summed E-state index contributed by atoms with van der Waals surface area (Å²) in [6.07, 6.45) is -0.617. The maximum atomic E-state index is 12.6. The van der Waals surface area contributed by atoms with E-state index in [0.29, 0.717) is 30.2 Å². The van der Waals surface area contributed by atoms with Crippen LogP contribution >= 0.6 is 11.3 Å². The monoisotopic (exact) mass is 341 g/mol. The van der Waals surface area contributed by atoms with Gasteiger partial charge in [-0.25, -0.2) is 8.42 Å². The third-order valence-corrected chi connectivity index (χ3v) is 6.02. The predicted octanol–water partition coefficient (Wildman–Crippen LogP) is 2.60. The molecule has 6 nitrogen and oxygen atoms in total. The molecule has 22 heavy (non-hydrogen) atoms. The first-order valence-corrected chi connectivity index (χ1v) is 8.94. The van der Waals surface area contributed by atoms with Crippen LogP contribution in [0.15, 0.2) is 39.9 Å². The number of hydrogen-bond donors (Lipinski definition) is 1. The summed E-state index contributed by atoms with van der Waals surface area (Å²) >= 11 is 1.14. The van der Waals surface area contributed by atoms with Crippen LogP contribution < -0.4 is 9.46 Å². The molecule has 3 rings (SSSR count). The van der Waals surface area contributed by atoms with Crippen molar-refractivity contribution in [3.63, 3.8) is 0 Å². The minimum absolute atomic E-state index is 0.204. The highest BCUT2D eigenvalue weighted by molar-refractivity contribution is 7.94. The lowest BCUT2D eigenvalue weighted by Gasteiger charge is -2.12. The minimum Gasteiger partial charge on any atom is -0.497 e. The van der Waals surface area contributed by atoms with Gasteiger partial charge in [-0.2, -0.15) is 0 Å². The second-order valence-corrected chi connectivity index (χ2v) is 7.36. The van der Waals surface area contributed by atoms with Crippen LogP contribution in [0.1, 0.15) is 11.9 Å². The summed E-state index contributed by atoms with van der Waals surface area (Å²) in [5.41, 5.74) is 0.997. The average molecular weight is 341 g/mol. The van der Waals surface area contributed by atoms with Crippen molar-refractivity contribution >= 4 is 27.0 Å². The van der Waals surface area contributed by atoms with Crippen LogP contribution in [-0.4, -0.2) is 28.7 Å². The molecule has 8 heteroatoms. The Morgan fingerprint density at radius 1 is 1.18 bits per heavy atom. The fourth-order valence-corrected chi connectivity index (χ4v) is 4.55. The van der Waals surface area contributed by atoms with E-state index >= 15 is 0 Å². The van der Waals surface area contributed by atoms with Crippen LogP contribution in [-0.2, 0) is 19.5 Å². The molecule has 2 aromatic rings. The van der Waals surface area contributed by atoms with Gasteiger partial charge in [0.25, 0.3) is 10.0 Å². The highest BCUT2D eigenvalue weighted by atomic mass is 32.2. The van der Waals surface area contributed by atoms with Crippen LogP contribution in [0.2, 0.25) is 0 Å². The van der Waals surface area contributed by atoms with E-state index in [0.717, 1.165) is 11.3 Å². The second-order valence-electron chi connectivity index (χ2n) is 4.57. The first-order chi connectivity index (χ1) is 10.6. The Hall–Kier alpha value is -1.61. The normalized spacial score (nSPS) is 15.9. The number of sulfonamides is 1. The van der Waals surface area contributed by atoms with E-state index in [1.165, 1.54) is 0 Å². The summed E-state index contributed by atoms with van der Waals surface area (Å²) in [6, 6.07) is 8.38. The van der Waals surface area contributed by atoms with Crippen molar-refractivity contribution in [3.8, 4) is 5.75 Å². The summed E-state index contributed by atoms with van der Waals surface area (Å²) in [5, 5.41) is 1.71. The van der Waals surface area contributed by atoms with Crippen molar-refractivity contribution in [1.82, 2.24) is 0 Å². The number of rotatable bonds is 5. The Morgan fingerprint density at radius 2 is 1.86 bits per heavy atom. The van der Waals surface area contributed by atoms with Crippen molar-refractivity contribution in [2.75, 3.05) is 25.0 Å². The zero-order valence-corrected chi connectivity index (χ0v) is 13.4. The van der Waals surface area contributed by atoms with E-state index in [9.17, 15) is 8.42 Å². The lowest BCUT2D eigenvalue weighted by atomic mass is 10.3. The number of nitrogens with one attached hydrogen (secondary N) is 1. The van der Waals surface area contributed by atoms with Gasteiger partial charge >= 0.3 is 0 Å². The maximum Gasteiger partial charge on any atom is 0.271 e. The van der Waals surface area contributed by atoms with Gasteiger partial charge in [0.05, 0.1) is 20.3 Å². The summed E-state index contributed by atoms with van der Waals surface area (Å²) in [6.45, 7) is 0.928. The van der Waals surface area contributed by atoms with E-state index in [-0.39, 0.29) is 4.21 Å². The Morgan fingerprint density at radius 3 is 2.50 bits per heavy atom. The number of thiophene rings is 1. The number of methoxy groups -OCH3 is 1. The van der Waals surface area contributed by atoms with Crippen molar-refractivity contribution in [3.05, 3.63) is 41.3 Å². The molecule has 2 heterocycles. The molecule has 1 N–H and O–H groups in total. The molecule has 1 aliphatic heterocycles. The average Bonchev–Trinajstić information content (AvgIpc) is 3.18. The fourth-order valence-electron chi connectivity index (χ4n) is 2.10. The quantitative estimate of drug-likeness (QED) is 0.905. The van der Waals surface area contributed by atoms with Gasteiger partial charge in [0, 0.05) is 11.3 Å². The second kappa shape index (κ2) is 6.25. The van der Waals surface area contributed by atoms with Gasteiger partial charge in [-0.15, -0.1) is 11.3 Å². The molecule has 0 bridgehead atoms. The molecule has 0 aliphatic carbocycles. The summed E-state index contributed by atoms with van der Waals surface area (Å²) in [4.78, 5) is 0. The zero-order chi connectivity index (χ0) is 15.6. The molecule has 0 amide bonds. The van der Waals surface area contributed by atoms with Crippen LogP contribution in [0, 0.1) is 0 Å². The molecule has 118 valence electrons. The molecule has 0 unspecified atom stereocenters. The SMILES string of the molecule is COc1ccc(NS(=O)(=O)c2sccc2C2OCCO2)cc1. The topological polar surface area (TPSA) is 73.9 Å². The molecular weight excluding hydrogens is 326 g/mol. The Bertz CT molecular complexity index is 733. The van der Waals surface area contributed by atoms with Gasteiger partial charge in [0.15, 0.2) is 6.29 Å². The maximum absolute atomic E-state index is 12.6. The van der Waals surface area contributed by atoms with Gasteiger partial charge in [-0.05, 0) is 35.7 Å². The Kier molecular flexibility index (Phi) is 4.34. The van der Waals surface area contributed by atoms with E-state index in [1.807, 2.05) is 0 Å². The van der Waals surface area contributed by atoms with Gasteiger partial charge in [-0.1, -0.05) is 0 Å². The van der Waals surface area contributed by atoms with Crippen LogP contribution in [0.25, 0.3) is 0 Å². The number of benzene rings is 1. The van der Waals surface area contributed by atoms with E-state index < -0.39 is 16.3 Å².